The molecule has 0 aromatic heterocycles. The molecule has 0 bridgehead atoms. The third-order valence-electron chi connectivity index (χ3n) is 4.13. The lowest BCUT2D eigenvalue weighted by molar-refractivity contribution is -0.139. The lowest BCUT2D eigenvalue weighted by Gasteiger charge is -2.17. The molecule has 1 atom stereocenters. The maximum Gasteiger partial charge on any atom is 0.316 e. The van der Waals surface area contributed by atoms with Crippen LogP contribution in [0.15, 0.2) is 42.5 Å². The quantitative estimate of drug-likeness (QED) is 0.627. The van der Waals surface area contributed by atoms with Crippen molar-refractivity contribution >= 4 is 29.2 Å². The molecule has 1 aliphatic rings. The van der Waals surface area contributed by atoms with Gasteiger partial charge in [-0.1, -0.05) is 29.8 Å². The second-order valence-electron chi connectivity index (χ2n) is 6.08. The Morgan fingerprint density at radius 1 is 1.21 bits per heavy atom. The zero-order valence-corrected chi connectivity index (χ0v) is 14.3. The second-order valence-corrected chi connectivity index (χ2v) is 6.51. The van der Waals surface area contributed by atoms with Crippen molar-refractivity contribution in [2.75, 3.05) is 11.4 Å². The summed E-state index contributed by atoms with van der Waals surface area (Å²) in [6.07, 6.45) is 0.149. The van der Waals surface area contributed by atoms with Gasteiger partial charge in [0.05, 0.1) is 5.92 Å². The number of carbonyl (C=O) groups is 2. The fraction of sp³-hybridized carbons (Fsp3) is 0.263. The van der Waals surface area contributed by atoms with E-state index in [2.05, 4.69) is 0 Å². The van der Waals surface area contributed by atoms with E-state index in [1.54, 1.807) is 23.1 Å². The van der Waals surface area contributed by atoms with Crippen molar-refractivity contribution in [1.29, 1.82) is 0 Å². The van der Waals surface area contributed by atoms with Crippen LogP contribution in [0.4, 0.5) is 5.69 Å². The Hall–Kier alpha value is -2.33. The van der Waals surface area contributed by atoms with Crippen LogP contribution in [0.25, 0.3) is 0 Å². The van der Waals surface area contributed by atoms with Gasteiger partial charge < -0.3 is 9.64 Å². The number of nitrogens with zero attached hydrogens (tertiary/aromatic N) is 1. The zero-order chi connectivity index (χ0) is 17.3. The summed E-state index contributed by atoms with van der Waals surface area (Å²) in [7, 11) is 0. The number of anilines is 1. The molecule has 0 radical (unpaired) electrons. The highest BCUT2D eigenvalue weighted by Crippen LogP contribution is 2.29. The maximum absolute atomic E-state index is 12.4. The smallest absolute Gasteiger partial charge is 0.316 e. The summed E-state index contributed by atoms with van der Waals surface area (Å²) < 4.78 is 5.52. The molecule has 0 aliphatic carbocycles. The SMILES string of the molecule is Cc1ccc(C)c(OC(=O)[C@H]2CC(=O)N(c3cccc(Cl)c3)C2)c1. The summed E-state index contributed by atoms with van der Waals surface area (Å²) in [6, 6.07) is 12.8. The van der Waals surface area contributed by atoms with E-state index in [1.165, 1.54) is 0 Å². The Morgan fingerprint density at radius 3 is 2.75 bits per heavy atom. The Kier molecular flexibility index (Phi) is 4.58. The van der Waals surface area contributed by atoms with E-state index in [4.69, 9.17) is 16.3 Å². The Balaban J connectivity index is 1.73. The first-order valence-electron chi connectivity index (χ1n) is 7.79. The maximum atomic E-state index is 12.4. The van der Waals surface area contributed by atoms with E-state index in [-0.39, 0.29) is 18.3 Å². The fourth-order valence-corrected chi connectivity index (χ4v) is 2.95. The molecule has 2 aromatic rings. The fourth-order valence-electron chi connectivity index (χ4n) is 2.77. The monoisotopic (exact) mass is 343 g/mol. The Morgan fingerprint density at radius 2 is 2.00 bits per heavy atom. The van der Waals surface area contributed by atoms with E-state index < -0.39 is 5.92 Å². The summed E-state index contributed by atoms with van der Waals surface area (Å²) in [5.74, 6) is -0.396. The van der Waals surface area contributed by atoms with Crippen LogP contribution in [-0.2, 0) is 9.59 Å². The highest BCUT2D eigenvalue weighted by atomic mass is 35.5. The van der Waals surface area contributed by atoms with Crippen LogP contribution < -0.4 is 9.64 Å². The van der Waals surface area contributed by atoms with Crippen LogP contribution in [0.5, 0.6) is 5.75 Å². The molecule has 1 aliphatic heterocycles. The van der Waals surface area contributed by atoms with Gasteiger partial charge in [-0.3, -0.25) is 9.59 Å². The predicted octanol–water partition coefficient (Wildman–Crippen LogP) is 3.92. The minimum absolute atomic E-state index is 0.0971. The van der Waals surface area contributed by atoms with Crippen molar-refractivity contribution in [2.45, 2.75) is 20.3 Å². The molecule has 1 amide bonds. The first-order chi connectivity index (χ1) is 11.4. The van der Waals surface area contributed by atoms with Gasteiger partial charge in [-0.25, -0.2) is 0 Å². The molecule has 1 heterocycles. The third kappa shape index (κ3) is 3.44. The summed E-state index contributed by atoms with van der Waals surface area (Å²) in [5.41, 5.74) is 2.62. The molecule has 5 heteroatoms. The van der Waals surface area contributed by atoms with Crippen LogP contribution >= 0.6 is 11.6 Å². The predicted molar refractivity (Wildman–Crippen MR) is 93.5 cm³/mol. The molecular weight excluding hydrogens is 326 g/mol. The van der Waals surface area contributed by atoms with E-state index in [1.807, 2.05) is 38.1 Å². The van der Waals surface area contributed by atoms with Crippen LogP contribution in [0.3, 0.4) is 0 Å². The first-order valence-corrected chi connectivity index (χ1v) is 8.17. The van der Waals surface area contributed by atoms with Crippen molar-refractivity contribution in [3.8, 4) is 5.75 Å². The number of carbonyl (C=O) groups excluding carboxylic acids is 2. The van der Waals surface area contributed by atoms with Crippen molar-refractivity contribution in [3.05, 3.63) is 58.6 Å². The largest absolute Gasteiger partial charge is 0.426 e. The minimum atomic E-state index is -0.476. The summed E-state index contributed by atoms with van der Waals surface area (Å²) >= 11 is 5.98. The van der Waals surface area contributed by atoms with E-state index in [0.717, 1.165) is 11.1 Å². The average Bonchev–Trinajstić information content (AvgIpc) is 2.93. The zero-order valence-electron chi connectivity index (χ0n) is 13.6. The van der Waals surface area contributed by atoms with Gasteiger partial charge in [0.1, 0.15) is 5.75 Å². The number of hydrogen-bond donors (Lipinski definition) is 0. The van der Waals surface area contributed by atoms with Gasteiger partial charge in [0.25, 0.3) is 0 Å². The molecule has 24 heavy (non-hydrogen) atoms. The van der Waals surface area contributed by atoms with Crippen LogP contribution in [0.1, 0.15) is 17.5 Å². The van der Waals surface area contributed by atoms with Gasteiger partial charge in [-0.05, 0) is 49.2 Å². The Bertz CT molecular complexity index is 803. The molecule has 0 spiro atoms. The molecule has 3 rings (SSSR count). The van der Waals surface area contributed by atoms with Gasteiger partial charge in [-0.15, -0.1) is 0 Å². The van der Waals surface area contributed by atoms with Crippen molar-refractivity contribution < 1.29 is 14.3 Å². The number of hydrogen-bond acceptors (Lipinski definition) is 3. The van der Waals surface area contributed by atoms with Crippen LogP contribution in [-0.4, -0.2) is 18.4 Å². The van der Waals surface area contributed by atoms with E-state index in [0.29, 0.717) is 23.0 Å². The summed E-state index contributed by atoms with van der Waals surface area (Å²) in [5, 5.41) is 0.557. The second kappa shape index (κ2) is 6.65. The molecule has 2 aromatic carbocycles. The van der Waals surface area contributed by atoms with Crippen molar-refractivity contribution in [1.82, 2.24) is 0 Å². The number of benzene rings is 2. The molecular formula is C19H18ClNO3. The molecule has 4 nitrogen and oxygen atoms in total. The standard InChI is InChI=1S/C19H18ClNO3/c1-12-6-7-13(2)17(8-12)24-19(23)14-9-18(22)21(11-14)16-5-3-4-15(20)10-16/h3-8,10,14H,9,11H2,1-2H3/t14-/m0/s1. The highest BCUT2D eigenvalue weighted by molar-refractivity contribution is 6.30. The van der Waals surface area contributed by atoms with Crippen molar-refractivity contribution in [3.63, 3.8) is 0 Å². The average molecular weight is 344 g/mol. The number of esters is 1. The first kappa shape index (κ1) is 16.5. The lowest BCUT2D eigenvalue weighted by atomic mass is 10.1. The van der Waals surface area contributed by atoms with Gasteiger partial charge in [0.15, 0.2) is 0 Å². The van der Waals surface area contributed by atoms with Gasteiger partial charge in [0, 0.05) is 23.7 Å². The number of amides is 1. The third-order valence-corrected chi connectivity index (χ3v) is 4.37. The molecule has 1 saturated heterocycles. The topological polar surface area (TPSA) is 46.6 Å². The highest BCUT2D eigenvalue weighted by Gasteiger charge is 2.36. The molecule has 124 valence electrons. The number of aryl methyl sites for hydroxylation is 2. The van der Waals surface area contributed by atoms with E-state index >= 15 is 0 Å². The van der Waals surface area contributed by atoms with Crippen molar-refractivity contribution in [2.24, 2.45) is 5.92 Å². The van der Waals surface area contributed by atoms with Gasteiger partial charge in [-0.2, -0.15) is 0 Å². The molecule has 0 saturated carbocycles. The van der Waals surface area contributed by atoms with E-state index in [9.17, 15) is 9.59 Å². The number of rotatable bonds is 3. The molecule has 0 N–H and O–H groups in total. The van der Waals surface area contributed by atoms with Gasteiger partial charge >= 0.3 is 5.97 Å². The van der Waals surface area contributed by atoms with Crippen LogP contribution in [0.2, 0.25) is 5.02 Å². The number of halogens is 1. The normalized spacial score (nSPS) is 17.2. The lowest BCUT2D eigenvalue weighted by Crippen LogP contribution is -2.27. The molecule has 0 unspecified atom stereocenters. The molecule has 1 fully saturated rings. The Labute approximate surface area is 146 Å². The summed E-state index contributed by atoms with van der Waals surface area (Å²) in [4.78, 5) is 26.3. The van der Waals surface area contributed by atoms with Gasteiger partial charge in [0.2, 0.25) is 5.91 Å². The number of ether oxygens (including phenoxy) is 1. The van der Waals surface area contributed by atoms with Crippen LogP contribution in [0, 0.1) is 19.8 Å². The summed E-state index contributed by atoms with van der Waals surface area (Å²) in [6.45, 7) is 4.14. The minimum Gasteiger partial charge on any atom is -0.426 e.